The zero-order chi connectivity index (χ0) is 17.2. The van der Waals surface area contributed by atoms with Gasteiger partial charge in [-0.05, 0) is 38.0 Å². The van der Waals surface area contributed by atoms with Crippen molar-refractivity contribution in [2.45, 2.75) is 45.4 Å². The van der Waals surface area contributed by atoms with E-state index in [1.165, 1.54) is 16.2 Å². The van der Waals surface area contributed by atoms with Crippen LogP contribution >= 0.6 is 11.6 Å². The van der Waals surface area contributed by atoms with Gasteiger partial charge in [0, 0.05) is 17.6 Å². The lowest BCUT2D eigenvalue weighted by Crippen LogP contribution is -2.16. The number of ether oxygens (including phenoxy) is 1. The number of hydrogen-bond acceptors (Lipinski definition) is 4. The third kappa shape index (κ3) is 3.53. The van der Waals surface area contributed by atoms with E-state index in [1.54, 1.807) is 13.0 Å². The van der Waals surface area contributed by atoms with Crippen molar-refractivity contribution >= 4 is 21.6 Å². The fourth-order valence-corrected chi connectivity index (χ4v) is 4.06. The molecule has 0 amide bonds. The average molecular weight is 357 g/mol. The Labute approximate surface area is 142 Å². The number of rotatable bonds is 6. The molecule has 5 nitrogen and oxygen atoms in total. The van der Waals surface area contributed by atoms with Crippen LogP contribution in [0.5, 0.6) is 5.75 Å². The molecule has 0 bridgehead atoms. The third-order valence-corrected chi connectivity index (χ3v) is 5.52. The second-order valence-electron chi connectivity index (χ2n) is 5.35. The number of benzene rings is 1. The molecule has 0 aliphatic rings. The van der Waals surface area contributed by atoms with E-state index in [1.807, 2.05) is 20.8 Å². The lowest BCUT2D eigenvalue weighted by molar-refractivity contribution is 0.309. The summed E-state index contributed by atoms with van der Waals surface area (Å²) in [6.45, 7) is 7.85. The molecule has 1 aromatic heterocycles. The maximum Gasteiger partial charge on any atom is 0.272 e. The van der Waals surface area contributed by atoms with Crippen molar-refractivity contribution in [1.82, 2.24) is 8.96 Å². The van der Waals surface area contributed by atoms with E-state index in [2.05, 4.69) is 4.98 Å². The Bertz CT molecular complexity index is 813. The van der Waals surface area contributed by atoms with Gasteiger partial charge in [0.25, 0.3) is 10.0 Å². The van der Waals surface area contributed by atoms with Gasteiger partial charge >= 0.3 is 0 Å². The topological polar surface area (TPSA) is 61.2 Å². The van der Waals surface area contributed by atoms with Crippen LogP contribution in [0.4, 0.5) is 0 Å². The number of hydrogen-bond donors (Lipinski definition) is 0. The van der Waals surface area contributed by atoms with E-state index in [-0.39, 0.29) is 4.90 Å². The van der Waals surface area contributed by atoms with Crippen molar-refractivity contribution in [2.24, 2.45) is 0 Å². The Morgan fingerprint density at radius 3 is 2.57 bits per heavy atom. The van der Waals surface area contributed by atoms with Crippen molar-refractivity contribution < 1.29 is 13.2 Å². The van der Waals surface area contributed by atoms with E-state index < -0.39 is 10.0 Å². The van der Waals surface area contributed by atoms with Crippen LogP contribution in [0.15, 0.2) is 23.2 Å². The van der Waals surface area contributed by atoms with E-state index in [0.29, 0.717) is 35.3 Å². The first-order valence-electron chi connectivity index (χ1n) is 7.54. The molecule has 0 radical (unpaired) electrons. The number of imidazole rings is 1. The molecule has 1 aromatic carbocycles. The predicted molar refractivity (Wildman–Crippen MR) is 90.9 cm³/mol. The largest absolute Gasteiger partial charge is 0.492 e. The first kappa shape index (κ1) is 17.8. The summed E-state index contributed by atoms with van der Waals surface area (Å²) in [6.07, 6.45) is 2.81. The molecule has 2 aromatic rings. The monoisotopic (exact) mass is 356 g/mol. The zero-order valence-corrected chi connectivity index (χ0v) is 15.3. The molecule has 2 rings (SSSR count). The highest BCUT2D eigenvalue weighted by Gasteiger charge is 2.26. The molecule has 126 valence electrons. The van der Waals surface area contributed by atoms with Gasteiger partial charge in [0.05, 0.1) is 12.3 Å². The van der Waals surface area contributed by atoms with Crippen LogP contribution in [0.2, 0.25) is 5.02 Å². The van der Waals surface area contributed by atoms with Gasteiger partial charge in [-0.1, -0.05) is 25.4 Å². The van der Waals surface area contributed by atoms with Crippen molar-refractivity contribution in [3.05, 3.63) is 40.4 Å². The first-order valence-corrected chi connectivity index (χ1v) is 9.36. The molecule has 0 fully saturated rings. The minimum Gasteiger partial charge on any atom is -0.492 e. The van der Waals surface area contributed by atoms with Crippen LogP contribution < -0.4 is 4.74 Å². The minimum absolute atomic E-state index is 0.0636. The quantitative estimate of drug-likeness (QED) is 0.791. The molecule has 23 heavy (non-hydrogen) atoms. The molecule has 0 N–H and O–H groups in total. The van der Waals surface area contributed by atoms with Gasteiger partial charge in [-0.3, -0.25) is 0 Å². The summed E-state index contributed by atoms with van der Waals surface area (Å²) in [6, 6.07) is 3.12. The van der Waals surface area contributed by atoms with Gasteiger partial charge in [-0.2, -0.15) is 0 Å². The van der Waals surface area contributed by atoms with Crippen molar-refractivity contribution in [2.75, 3.05) is 6.61 Å². The van der Waals surface area contributed by atoms with Crippen molar-refractivity contribution in [3.8, 4) is 5.75 Å². The number of halogens is 1. The maximum absolute atomic E-state index is 13.1. The first-order chi connectivity index (χ1) is 10.8. The smallest absolute Gasteiger partial charge is 0.272 e. The average Bonchev–Trinajstić information content (AvgIpc) is 2.89. The second-order valence-corrected chi connectivity index (χ2v) is 7.54. The SMILES string of the molecule is CCCOc1cc(C)c(Cl)cc1S(=O)(=O)n1cc(C)nc1CC. The lowest BCUT2D eigenvalue weighted by Gasteiger charge is -2.15. The Hall–Kier alpha value is -1.53. The maximum atomic E-state index is 13.1. The van der Waals surface area contributed by atoms with Gasteiger partial charge < -0.3 is 4.74 Å². The lowest BCUT2D eigenvalue weighted by atomic mass is 10.2. The van der Waals surface area contributed by atoms with Gasteiger partial charge in [0.2, 0.25) is 0 Å². The molecule has 0 saturated carbocycles. The molecule has 0 aliphatic heterocycles. The summed E-state index contributed by atoms with van der Waals surface area (Å²) < 4.78 is 33.0. The highest BCUT2D eigenvalue weighted by Crippen LogP contribution is 2.32. The van der Waals surface area contributed by atoms with E-state index in [0.717, 1.165) is 12.0 Å². The zero-order valence-electron chi connectivity index (χ0n) is 13.8. The van der Waals surface area contributed by atoms with Gasteiger partial charge in [0.15, 0.2) is 0 Å². The Morgan fingerprint density at radius 2 is 1.96 bits per heavy atom. The molecule has 0 atom stereocenters. The Morgan fingerprint density at radius 1 is 1.26 bits per heavy atom. The molecule has 0 unspecified atom stereocenters. The summed E-state index contributed by atoms with van der Waals surface area (Å²) in [5.74, 6) is 0.808. The highest BCUT2D eigenvalue weighted by atomic mass is 35.5. The third-order valence-electron chi connectivity index (χ3n) is 3.40. The van der Waals surface area contributed by atoms with Crippen LogP contribution in [0, 0.1) is 13.8 Å². The fourth-order valence-electron chi connectivity index (χ4n) is 2.24. The highest BCUT2D eigenvalue weighted by molar-refractivity contribution is 7.90. The van der Waals surface area contributed by atoms with E-state index in [4.69, 9.17) is 16.3 Å². The van der Waals surface area contributed by atoms with E-state index >= 15 is 0 Å². The van der Waals surface area contributed by atoms with Crippen LogP contribution in [-0.4, -0.2) is 24.0 Å². The van der Waals surface area contributed by atoms with Crippen LogP contribution in [0.25, 0.3) is 0 Å². The molecule has 0 spiro atoms. The normalized spacial score (nSPS) is 11.7. The van der Waals surface area contributed by atoms with Crippen LogP contribution in [0.1, 0.15) is 37.4 Å². The summed E-state index contributed by atoms with van der Waals surface area (Å²) in [5, 5.41) is 0.391. The Kier molecular flexibility index (Phi) is 5.37. The standard InChI is InChI=1S/C16H21ClN2O3S/c1-5-7-22-14-8-11(3)13(17)9-15(14)23(20,21)19-10-12(4)18-16(19)6-2/h8-10H,5-7H2,1-4H3. The summed E-state index contributed by atoms with van der Waals surface area (Å²) >= 11 is 6.15. The van der Waals surface area contributed by atoms with Crippen molar-refractivity contribution in [1.29, 1.82) is 0 Å². The van der Waals surface area contributed by atoms with Gasteiger partial charge in [0.1, 0.15) is 16.5 Å². The van der Waals surface area contributed by atoms with Crippen molar-refractivity contribution in [3.63, 3.8) is 0 Å². The van der Waals surface area contributed by atoms with Gasteiger partial charge in [-0.15, -0.1) is 0 Å². The minimum atomic E-state index is -3.82. The summed E-state index contributed by atoms with van der Waals surface area (Å²) in [5.41, 5.74) is 1.42. The Balaban J connectivity index is 2.65. The summed E-state index contributed by atoms with van der Waals surface area (Å²) in [7, 11) is -3.82. The molecule has 1 heterocycles. The molecule has 0 aliphatic carbocycles. The second kappa shape index (κ2) is 6.93. The number of aryl methyl sites for hydroxylation is 3. The predicted octanol–water partition coefficient (Wildman–Crippen LogP) is 3.74. The summed E-state index contributed by atoms with van der Waals surface area (Å²) in [4.78, 5) is 4.33. The van der Waals surface area contributed by atoms with Crippen LogP contribution in [0.3, 0.4) is 0 Å². The fraction of sp³-hybridized carbons (Fsp3) is 0.438. The van der Waals surface area contributed by atoms with Gasteiger partial charge in [-0.25, -0.2) is 17.4 Å². The molecule has 0 saturated heterocycles. The van der Waals surface area contributed by atoms with Crippen LogP contribution in [-0.2, 0) is 16.4 Å². The molecule has 7 heteroatoms. The number of nitrogens with zero attached hydrogens (tertiary/aromatic N) is 2. The van der Waals surface area contributed by atoms with E-state index in [9.17, 15) is 8.42 Å². The number of aromatic nitrogens is 2. The molecular weight excluding hydrogens is 336 g/mol. The molecular formula is C16H21ClN2O3S.